The molecule has 0 N–H and O–H groups in total. The number of hydrogen-bond acceptors (Lipinski definition) is 3. The first kappa shape index (κ1) is 27.5. The average molecular weight is 625 g/mol. The number of para-hydroxylation sites is 2. The van der Waals surface area contributed by atoms with Gasteiger partial charge in [-0.2, -0.15) is 0 Å². The highest BCUT2D eigenvalue weighted by Gasteiger charge is 2.18. The van der Waals surface area contributed by atoms with Gasteiger partial charge in [0.25, 0.3) is 0 Å². The van der Waals surface area contributed by atoms with Crippen molar-refractivity contribution in [1.82, 2.24) is 9.97 Å². The Morgan fingerprint density at radius 3 is 1.61 bits per heavy atom. The molecule has 0 atom stereocenters. The minimum Gasteiger partial charge on any atom is -0.436 e. The van der Waals surface area contributed by atoms with Crippen LogP contribution in [-0.4, -0.2) is 9.97 Å². The molecule has 0 radical (unpaired) electrons. The van der Waals surface area contributed by atoms with E-state index in [1.165, 1.54) is 43.6 Å². The largest absolute Gasteiger partial charge is 0.436 e. The van der Waals surface area contributed by atoms with Crippen molar-refractivity contribution in [2.24, 2.45) is 0 Å². The molecule has 0 aliphatic rings. The van der Waals surface area contributed by atoms with Crippen molar-refractivity contribution in [2.45, 2.75) is 0 Å². The molecule has 0 spiro atoms. The maximum Gasteiger partial charge on any atom is 0.227 e. The smallest absolute Gasteiger partial charge is 0.227 e. The summed E-state index contributed by atoms with van der Waals surface area (Å²) in [4.78, 5) is 10.1. The van der Waals surface area contributed by atoms with Gasteiger partial charge in [0.05, 0.1) is 11.2 Å². The van der Waals surface area contributed by atoms with Crippen LogP contribution in [-0.2, 0) is 0 Å². The predicted molar refractivity (Wildman–Crippen MR) is 204 cm³/mol. The average Bonchev–Trinajstić information content (AvgIpc) is 3.61. The Bertz CT molecular complexity index is 2840. The number of aromatic nitrogens is 2. The van der Waals surface area contributed by atoms with E-state index in [0.717, 1.165) is 49.8 Å². The quantitative estimate of drug-likeness (QED) is 0.183. The second kappa shape index (κ2) is 11.0. The first-order valence-electron chi connectivity index (χ1n) is 16.6. The van der Waals surface area contributed by atoms with Crippen molar-refractivity contribution in [3.63, 3.8) is 0 Å². The molecule has 0 unspecified atom stereocenters. The third-order valence-corrected chi connectivity index (χ3v) is 9.70. The fraction of sp³-hybridized carbons (Fsp3) is 0. The summed E-state index contributed by atoms with van der Waals surface area (Å²) in [5, 5.41) is 8.35. The van der Waals surface area contributed by atoms with Gasteiger partial charge in [-0.05, 0) is 85.6 Å². The Kier molecular flexibility index (Phi) is 6.18. The van der Waals surface area contributed by atoms with Crippen LogP contribution in [0.25, 0.3) is 99.3 Å². The fourth-order valence-electron chi connectivity index (χ4n) is 7.35. The molecule has 0 aliphatic heterocycles. The van der Waals surface area contributed by atoms with Crippen LogP contribution in [0.3, 0.4) is 0 Å². The molecular weight excluding hydrogens is 597 g/mol. The first-order chi connectivity index (χ1) is 24.3. The molecule has 228 valence electrons. The van der Waals surface area contributed by atoms with Gasteiger partial charge in [0.15, 0.2) is 5.58 Å². The zero-order valence-corrected chi connectivity index (χ0v) is 26.5. The number of benzene rings is 8. The Morgan fingerprint density at radius 2 is 0.918 bits per heavy atom. The molecule has 0 saturated heterocycles. The lowest BCUT2D eigenvalue weighted by molar-refractivity contribution is 0.620. The lowest BCUT2D eigenvalue weighted by Gasteiger charge is -2.17. The van der Waals surface area contributed by atoms with Crippen LogP contribution < -0.4 is 0 Å². The Hall–Kier alpha value is -6.58. The number of fused-ring (bicyclic) bond motifs is 6. The van der Waals surface area contributed by atoms with E-state index >= 15 is 0 Å². The summed E-state index contributed by atoms with van der Waals surface area (Å²) in [6, 6.07) is 60.0. The summed E-state index contributed by atoms with van der Waals surface area (Å²) >= 11 is 0. The Labute approximate surface area is 282 Å². The van der Waals surface area contributed by atoms with Crippen LogP contribution in [0.5, 0.6) is 0 Å². The SMILES string of the molecule is c1ccc2c(-c3cc4c(-c5cccc6ccccc56)cc(-c5ccc(-c6nc7ccccc7o6)cc5)nc4c4ccccc34)cccc2c1. The molecule has 2 aromatic heterocycles. The maximum atomic E-state index is 6.07. The molecule has 0 bridgehead atoms. The van der Waals surface area contributed by atoms with Crippen LogP contribution in [0, 0.1) is 0 Å². The third kappa shape index (κ3) is 4.51. The minimum atomic E-state index is 0.614. The van der Waals surface area contributed by atoms with Gasteiger partial charge in [-0.3, -0.25) is 0 Å². The molecular formula is C46H28N2O. The van der Waals surface area contributed by atoms with Gasteiger partial charge in [-0.25, -0.2) is 9.97 Å². The summed E-state index contributed by atoms with van der Waals surface area (Å²) in [5.74, 6) is 0.614. The summed E-state index contributed by atoms with van der Waals surface area (Å²) in [5.41, 5.74) is 10.3. The summed E-state index contributed by atoms with van der Waals surface area (Å²) < 4.78 is 6.07. The molecule has 0 amide bonds. The standard InChI is InChI=1S/C46H28N2O/c1-3-15-33-29(11-1)13-9-19-35(33)39-27-41-40(36-20-10-14-30-12-2-4-16-34(30)36)28-43(47-45(41)38-18-6-5-17-37(38)39)31-23-25-32(26-24-31)46-48-42-21-7-8-22-44(42)49-46/h1-28H. The highest BCUT2D eigenvalue weighted by atomic mass is 16.3. The second-order valence-corrected chi connectivity index (χ2v) is 12.5. The molecule has 0 fully saturated rings. The number of oxazole rings is 1. The van der Waals surface area contributed by atoms with E-state index in [-0.39, 0.29) is 0 Å². The van der Waals surface area contributed by atoms with Crippen molar-refractivity contribution in [3.8, 4) is 45.0 Å². The van der Waals surface area contributed by atoms with Gasteiger partial charge in [-0.1, -0.05) is 133 Å². The lowest BCUT2D eigenvalue weighted by atomic mass is 9.88. The van der Waals surface area contributed by atoms with Gasteiger partial charge in [0.2, 0.25) is 5.89 Å². The van der Waals surface area contributed by atoms with Gasteiger partial charge in [0.1, 0.15) is 5.52 Å². The van der Waals surface area contributed by atoms with Gasteiger partial charge in [0, 0.05) is 21.9 Å². The van der Waals surface area contributed by atoms with E-state index in [4.69, 9.17) is 14.4 Å². The topological polar surface area (TPSA) is 38.9 Å². The van der Waals surface area contributed by atoms with Gasteiger partial charge >= 0.3 is 0 Å². The van der Waals surface area contributed by atoms with Crippen LogP contribution in [0.4, 0.5) is 0 Å². The molecule has 3 heteroatoms. The molecule has 2 heterocycles. The van der Waals surface area contributed by atoms with E-state index in [9.17, 15) is 0 Å². The fourth-order valence-corrected chi connectivity index (χ4v) is 7.35. The van der Waals surface area contributed by atoms with E-state index in [1.54, 1.807) is 0 Å². The predicted octanol–water partition coefficient (Wildman–Crippen LogP) is 12.5. The number of pyridine rings is 1. The molecule has 49 heavy (non-hydrogen) atoms. The van der Waals surface area contributed by atoms with E-state index < -0.39 is 0 Å². The highest BCUT2D eigenvalue weighted by molar-refractivity contribution is 6.19. The van der Waals surface area contributed by atoms with Crippen LogP contribution in [0.1, 0.15) is 0 Å². The molecule has 10 rings (SSSR count). The molecule has 0 aliphatic carbocycles. The van der Waals surface area contributed by atoms with Gasteiger partial charge < -0.3 is 4.42 Å². The van der Waals surface area contributed by atoms with Crippen LogP contribution >= 0.6 is 0 Å². The highest BCUT2D eigenvalue weighted by Crippen LogP contribution is 2.43. The molecule has 10 aromatic rings. The number of hydrogen-bond donors (Lipinski definition) is 0. The van der Waals surface area contributed by atoms with Crippen molar-refractivity contribution in [2.75, 3.05) is 0 Å². The maximum absolute atomic E-state index is 6.07. The van der Waals surface area contributed by atoms with Crippen molar-refractivity contribution in [1.29, 1.82) is 0 Å². The summed E-state index contributed by atoms with van der Waals surface area (Å²) in [6.45, 7) is 0. The third-order valence-electron chi connectivity index (χ3n) is 9.70. The van der Waals surface area contributed by atoms with E-state index in [1.807, 2.05) is 24.3 Å². The lowest BCUT2D eigenvalue weighted by Crippen LogP contribution is -1.94. The zero-order chi connectivity index (χ0) is 32.3. The van der Waals surface area contributed by atoms with Crippen molar-refractivity contribution < 1.29 is 4.42 Å². The normalized spacial score (nSPS) is 11.7. The molecule has 8 aromatic carbocycles. The minimum absolute atomic E-state index is 0.614. The monoisotopic (exact) mass is 624 g/mol. The van der Waals surface area contributed by atoms with E-state index in [2.05, 4.69) is 146 Å². The summed E-state index contributed by atoms with van der Waals surface area (Å²) in [7, 11) is 0. The van der Waals surface area contributed by atoms with E-state index in [0.29, 0.717) is 5.89 Å². The van der Waals surface area contributed by atoms with Crippen molar-refractivity contribution >= 4 is 54.3 Å². The first-order valence-corrected chi connectivity index (χ1v) is 16.6. The van der Waals surface area contributed by atoms with Crippen LogP contribution in [0.2, 0.25) is 0 Å². The van der Waals surface area contributed by atoms with Crippen LogP contribution in [0.15, 0.2) is 174 Å². The summed E-state index contributed by atoms with van der Waals surface area (Å²) in [6.07, 6.45) is 0. The molecule has 0 saturated carbocycles. The number of rotatable bonds is 4. The van der Waals surface area contributed by atoms with Crippen molar-refractivity contribution in [3.05, 3.63) is 170 Å². The van der Waals surface area contributed by atoms with Gasteiger partial charge in [-0.15, -0.1) is 0 Å². The number of nitrogens with zero attached hydrogens (tertiary/aromatic N) is 2. The Balaban J connectivity index is 1.24. The second-order valence-electron chi connectivity index (χ2n) is 12.5. The molecule has 3 nitrogen and oxygen atoms in total. The Morgan fingerprint density at radius 1 is 0.367 bits per heavy atom. The zero-order valence-electron chi connectivity index (χ0n) is 26.5.